The molecule has 1 aromatic heterocycles. The normalized spacial score (nSPS) is 21.1. The largest absolute Gasteiger partial charge is 0.495 e. The van der Waals surface area contributed by atoms with Crippen LogP contribution in [0.2, 0.25) is 0 Å². The van der Waals surface area contributed by atoms with Crippen molar-refractivity contribution in [3.05, 3.63) is 46.8 Å². The van der Waals surface area contributed by atoms with Gasteiger partial charge in [0.25, 0.3) is 0 Å². The Bertz CT molecular complexity index is 1590. The predicted octanol–water partition coefficient (Wildman–Crippen LogP) is 6.50. The molecular formula is C29H32F4N4O2S2. The summed E-state index contributed by atoms with van der Waals surface area (Å²) in [5.41, 5.74) is 1.30. The number of alkyl halides is 4. The van der Waals surface area contributed by atoms with Crippen LogP contribution in [0.3, 0.4) is 0 Å². The van der Waals surface area contributed by atoms with Crippen molar-refractivity contribution in [2.24, 2.45) is 0 Å². The van der Waals surface area contributed by atoms with Gasteiger partial charge in [0.1, 0.15) is 11.9 Å². The Hall–Kier alpha value is -3.01. The van der Waals surface area contributed by atoms with Gasteiger partial charge < -0.3 is 20.3 Å². The molecular weight excluding hydrogens is 576 g/mol. The van der Waals surface area contributed by atoms with Crippen molar-refractivity contribution in [1.82, 2.24) is 4.90 Å². The van der Waals surface area contributed by atoms with Crippen molar-refractivity contribution in [1.29, 1.82) is 4.78 Å². The molecule has 220 valence electrons. The number of thiophene rings is 1. The van der Waals surface area contributed by atoms with Gasteiger partial charge in [0.2, 0.25) is 0 Å². The zero-order valence-electron chi connectivity index (χ0n) is 22.7. The van der Waals surface area contributed by atoms with Gasteiger partial charge in [-0.3, -0.25) is 0 Å². The highest BCUT2D eigenvalue weighted by Gasteiger charge is 2.34. The highest BCUT2D eigenvalue weighted by molar-refractivity contribution is 7.93. The van der Waals surface area contributed by atoms with Crippen LogP contribution in [0.1, 0.15) is 29.7 Å². The lowest BCUT2D eigenvalue weighted by Gasteiger charge is -2.33. The van der Waals surface area contributed by atoms with E-state index in [1.807, 2.05) is 11.9 Å². The monoisotopic (exact) mass is 608 g/mol. The Balaban J connectivity index is 1.38. The van der Waals surface area contributed by atoms with E-state index in [2.05, 4.69) is 22.5 Å². The summed E-state index contributed by atoms with van der Waals surface area (Å²) in [5, 5.41) is 6.69. The molecule has 2 aliphatic rings. The van der Waals surface area contributed by atoms with Crippen molar-refractivity contribution in [3.8, 4) is 17.6 Å². The first-order valence-corrected chi connectivity index (χ1v) is 15.8. The summed E-state index contributed by atoms with van der Waals surface area (Å²) in [6, 6.07) is 9.61. The molecule has 1 aliphatic heterocycles. The van der Waals surface area contributed by atoms with Gasteiger partial charge in [-0.05, 0) is 61.5 Å². The topological polar surface area (TPSA) is 77.4 Å². The molecule has 41 heavy (non-hydrogen) atoms. The number of fused-ring (bicyclic) bond motifs is 1. The maximum Gasteiger partial charge on any atom is 0.393 e. The minimum Gasteiger partial charge on any atom is -0.495 e. The van der Waals surface area contributed by atoms with Crippen molar-refractivity contribution < 1.29 is 26.5 Å². The Morgan fingerprint density at radius 2 is 1.98 bits per heavy atom. The first-order chi connectivity index (χ1) is 19.5. The Morgan fingerprint density at radius 1 is 1.20 bits per heavy atom. The Labute approximate surface area is 241 Å². The number of hydrogen-bond acceptors (Lipinski definition) is 7. The summed E-state index contributed by atoms with van der Waals surface area (Å²) in [7, 11) is 0.455. The van der Waals surface area contributed by atoms with E-state index in [0.29, 0.717) is 49.9 Å². The van der Waals surface area contributed by atoms with Crippen LogP contribution in [-0.2, 0) is 16.1 Å². The van der Waals surface area contributed by atoms with Gasteiger partial charge in [0.05, 0.1) is 61.7 Å². The minimum absolute atomic E-state index is 0.112. The summed E-state index contributed by atoms with van der Waals surface area (Å²) in [6.45, 7) is 1.16. The van der Waals surface area contributed by atoms with E-state index in [4.69, 9.17) is 9.52 Å². The van der Waals surface area contributed by atoms with E-state index in [9.17, 15) is 21.8 Å². The van der Waals surface area contributed by atoms with E-state index in [-0.39, 0.29) is 17.4 Å². The fraction of sp³-hybridized carbons (Fsp3) is 0.448. The highest BCUT2D eigenvalue weighted by Crippen LogP contribution is 2.40. The second kappa shape index (κ2) is 11.7. The third kappa shape index (κ3) is 6.74. The second-order valence-corrected chi connectivity index (χ2v) is 13.9. The number of halogens is 4. The third-order valence-corrected chi connectivity index (χ3v) is 10.9. The average molecular weight is 609 g/mol. The molecule has 2 aromatic carbocycles. The number of benzene rings is 2. The van der Waals surface area contributed by atoms with E-state index in [1.165, 1.54) is 18.4 Å². The van der Waals surface area contributed by atoms with Crippen LogP contribution in [0.4, 0.5) is 28.9 Å². The van der Waals surface area contributed by atoms with Crippen LogP contribution >= 0.6 is 11.3 Å². The van der Waals surface area contributed by atoms with Crippen molar-refractivity contribution in [3.63, 3.8) is 0 Å². The molecule has 0 amide bonds. The van der Waals surface area contributed by atoms with E-state index in [0.717, 1.165) is 19.4 Å². The molecule has 1 aliphatic carbocycles. The standard InChI is InChI=1S/C29H32F4N4O2S2/c1-37-14-12-23(22(30)17-37)36-25-6-3-5-20-21(16-29(31,32)33)27(40-28(20)25)7-4-13-35-24-11-10-19(15-26(24)39-2)41(34,38)18-8-9-18/h3,5-6,10-11,15,18,22-23,34-36H,8-9,12-14,16-17H2,1-2H3/t22-,23-,41+/m1/s1. The van der Waals surface area contributed by atoms with Crippen LogP contribution < -0.4 is 15.4 Å². The Kier molecular flexibility index (Phi) is 8.41. The zero-order chi connectivity index (χ0) is 29.4. The number of likely N-dealkylation sites (tertiary alicyclic amines) is 1. The Morgan fingerprint density at radius 3 is 2.66 bits per heavy atom. The fourth-order valence-electron chi connectivity index (χ4n) is 5.04. The molecule has 5 rings (SSSR count). The number of anilines is 2. The number of rotatable bonds is 8. The number of nitrogens with zero attached hydrogens (tertiary/aromatic N) is 1. The number of methoxy groups -OCH3 is 1. The number of piperidine rings is 1. The van der Waals surface area contributed by atoms with Gasteiger partial charge in [-0.2, -0.15) is 13.2 Å². The van der Waals surface area contributed by atoms with Crippen LogP contribution in [0.15, 0.2) is 41.3 Å². The summed E-state index contributed by atoms with van der Waals surface area (Å²) in [6.07, 6.45) is -4.47. The number of ether oxygens (including phenoxy) is 1. The molecule has 0 spiro atoms. The molecule has 2 fully saturated rings. The summed E-state index contributed by atoms with van der Waals surface area (Å²) in [5.74, 6) is 6.26. The molecule has 3 atom stereocenters. The summed E-state index contributed by atoms with van der Waals surface area (Å²) >= 11 is 1.17. The van der Waals surface area contributed by atoms with E-state index >= 15 is 0 Å². The highest BCUT2D eigenvalue weighted by atomic mass is 32.2. The summed E-state index contributed by atoms with van der Waals surface area (Å²) in [4.78, 5) is 2.65. The van der Waals surface area contributed by atoms with E-state index in [1.54, 1.807) is 36.4 Å². The van der Waals surface area contributed by atoms with Crippen molar-refractivity contribution in [2.75, 3.05) is 44.4 Å². The van der Waals surface area contributed by atoms with Crippen LogP contribution in [0.5, 0.6) is 5.75 Å². The van der Waals surface area contributed by atoms with Gasteiger partial charge in [-0.25, -0.2) is 13.4 Å². The van der Waals surface area contributed by atoms with Crippen LogP contribution in [-0.4, -0.2) is 66.5 Å². The van der Waals surface area contributed by atoms with Crippen LogP contribution in [0.25, 0.3) is 10.1 Å². The molecule has 2 heterocycles. The van der Waals surface area contributed by atoms with Gasteiger partial charge in [0, 0.05) is 18.3 Å². The van der Waals surface area contributed by atoms with Crippen molar-refractivity contribution >= 4 is 42.5 Å². The van der Waals surface area contributed by atoms with Gasteiger partial charge in [-0.15, -0.1) is 11.3 Å². The lowest BCUT2D eigenvalue weighted by atomic mass is 10.0. The average Bonchev–Trinajstić information content (AvgIpc) is 3.72. The maximum atomic E-state index is 14.7. The lowest BCUT2D eigenvalue weighted by molar-refractivity contribution is -0.126. The molecule has 0 radical (unpaired) electrons. The first-order valence-electron chi connectivity index (χ1n) is 13.3. The fourth-order valence-corrected chi connectivity index (χ4v) is 7.95. The number of hydrogen-bond donors (Lipinski definition) is 3. The molecule has 12 heteroatoms. The second-order valence-electron chi connectivity index (χ2n) is 10.5. The lowest BCUT2D eigenvalue weighted by Crippen LogP contribution is -2.46. The third-order valence-electron chi connectivity index (χ3n) is 7.37. The van der Waals surface area contributed by atoms with E-state index < -0.39 is 34.5 Å². The minimum atomic E-state index is -4.42. The molecule has 1 saturated heterocycles. The molecule has 3 aromatic rings. The van der Waals surface area contributed by atoms with Crippen molar-refractivity contribution in [2.45, 2.75) is 54.2 Å². The molecule has 1 saturated carbocycles. The first kappa shape index (κ1) is 29.5. The molecule has 0 unspecified atom stereocenters. The predicted molar refractivity (Wildman–Crippen MR) is 157 cm³/mol. The summed E-state index contributed by atoms with van der Waals surface area (Å²) < 4.78 is 82.5. The maximum absolute atomic E-state index is 14.7. The number of nitrogens with one attached hydrogen (secondary N) is 3. The zero-order valence-corrected chi connectivity index (χ0v) is 24.4. The van der Waals surface area contributed by atoms with Gasteiger partial charge >= 0.3 is 6.18 Å². The van der Waals surface area contributed by atoms with Gasteiger partial charge in [-0.1, -0.05) is 24.0 Å². The smallest absolute Gasteiger partial charge is 0.393 e. The molecule has 6 nitrogen and oxygen atoms in total. The van der Waals surface area contributed by atoms with Crippen LogP contribution in [0, 0.1) is 16.6 Å². The molecule has 3 N–H and O–H groups in total. The van der Waals surface area contributed by atoms with Gasteiger partial charge in [0.15, 0.2) is 0 Å². The quantitative estimate of drug-likeness (QED) is 0.201. The SMILES string of the molecule is COc1cc([S@@](=N)(=O)C2CC2)ccc1NCC#Cc1sc2c(N[C@@H]3CCN(C)C[C@H]3F)cccc2c1CC(F)(F)F. The molecule has 0 bridgehead atoms.